The Labute approximate surface area is 102 Å². The van der Waals surface area contributed by atoms with E-state index in [-0.39, 0.29) is 5.76 Å². The summed E-state index contributed by atoms with van der Waals surface area (Å²) in [6.07, 6.45) is 1.63. The lowest BCUT2D eigenvalue weighted by atomic mass is 10.3. The van der Waals surface area contributed by atoms with Crippen molar-refractivity contribution in [3.8, 4) is 11.5 Å². The van der Waals surface area contributed by atoms with Crippen LogP contribution in [0.5, 0.6) is 0 Å². The smallest absolute Gasteiger partial charge is 0.371 e. The molecule has 88 valence electrons. The van der Waals surface area contributed by atoms with E-state index in [1.54, 1.807) is 18.3 Å². The van der Waals surface area contributed by atoms with Crippen LogP contribution in [-0.2, 0) is 0 Å². The zero-order valence-electron chi connectivity index (χ0n) is 9.08. The summed E-state index contributed by atoms with van der Waals surface area (Å²) in [5.41, 5.74) is 0.587. The fraction of sp³-hybridized carbons (Fsp3) is 0.182. The lowest BCUT2D eigenvalue weighted by Gasteiger charge is -1.99. The number of aromatic nitrogens is 2. The minimum atomic E-state index is -1.09. The second-order valence-electron chi connectivity index (χ2n) is 3.13. The molecule has 0 saturated heterocycles. The standard InChI is InChI=1S/C11H10N2O3S/c1-2-17-11-12-6-5-7(13-11)8-3-4-9(16-8)10(14)15/h3-6H,2H2,1H3,(H,14,15). The lowest BCUT2D eigenvalue weighted by Crippen LogP contribution is -1.92. The van der Waals surface area contributed by atoms with Gasteiger partial charge in [-0.1, -0.05) is 18.7 Å². The van der Waals surface area contributed by atoms with Crippen LogP contribution in [0.4, 0.5) is 0 Å². The van der Waals surface area contributed by atoms with E-state index < -0.39 is 5.97 Å². The van der Waals surface area contributed by atoms with E-state index in [0.717, 1.165) is 5.75 Å². The van der Waals surface area contributed by atoms with Crippen LogP contribution < -0.4 is 0 Å². The molecule has 0 aliphatic heterocycles. The summed E-state index contributed by atoms with van der Waals surface area (Å²) in [5, 5.41) is 9.40. The molecule has 0 fully saturated rings. The highest BCUT2D eigenvalue weighted by molar-refractivity contribution is 7.99. The van der Waals surface area contributed by atoms with E-state index in [9.17, 15) is 4.79 Å². The van der Waals surface area contributed by atoms with Crippen molar-refractivity contribution in [3.05, 3.63) is 30.2 Å². The van der Waals surface area contributed by atoms with Crippen LogP contribution in [0.1, 0.15) is 17.5 Å². The first-order valence-electron chi connectivity index (χ1n) is 5.00. The highest BCUT2D eigenvalue weighted by atomic mass is 32.2. The molecule has 0 spiro atoms. The number of hydrogen-bond acceptors (Lipinski definition) is 5. The minimum Gasteiger partial charge on any atom is -0.475 e. The largest absolute Gasteiger partial charge is 0.475 e. The molecule has 6 heteroatoms. The summed E-state index contributed by atoms with van der Waals surface area (Å²) in [6, 6.07) is 4.68. The number of thioether (sulfide) groups is 1. The highest BCUT2D eigenvalue weighted by Gasteiger charge is 2.11. The molecule has 17 heavy (non-hydrogen) atoms. The predicted molar refractivity (Wildman–Crippen MR) is 63.1 cm³/mol. The summed E-state index contributed by atoms with van der Waals surface area (Å²) in [4.78, 5) is 19.0. The van der Waals surface area contributed by atoms with Gasteiger partial charge in [0.05, 0.1) is 0 Å². The van der Waals surface area contributed by atoms with Gasteiger partial charge in [-0.2, -0.15) is 0 Å². The van der Waals surface area contributed by atoms with Crippen molar-refractivity contribution in [2.45, 2.75) is 12.1 Å². The Bertz CT molecular complexity index is 539. The fourth-order valence-electron chi connectivity index (χ4n) is 1.27. The topological polar surface area (TPSA) is 76.2 Å². The zero-order chi connectivity index (χ0) is 12.3. The molecule has 2 heterocycles. The predicted octanol–water partition coefficient (Wildman–Crippen LogP) is 2.55. The van der Waals surface area contributed by atoms with E-state index in [0.29, 0.717) is 16.6 Å². The number of carboxylic acid groups (broad SMARTS) is 1. The Morgan fingerprint density at radius 2 is 2.29 bits per heavy atom. The van der Waals surface area contributed by atoms with Gasteiger partial charge in [-0.05, 0) is 24.0 Å². The van der Waals surface area contributed by atoms with Gasteiger partial charge in [-0.15, -0.1) is 0 Å². The molecule has 2 rings (SSSR count). The molecule has 0 bridgehead atoms. The summed E-state index contributed by atoms with van der Waals surface area (Å²) < 4.78 is 5.17. The van der Waals surface area contributed by atoms with Crippen LogP contribution in [0.3, 0.4) is 0 Å². The van der Waals surface area contributed by atoms with Gasteiger partial charge >= 0.3 is 5.97 Å². The molecule has 0 saturated carbocycles. The van der Waals surface area contributed by atoms with Gasteiger partial charge in [-0.25, -0.2) is 14.8 Å². The number of aromatic carboxylic acids is 1. The van der Waals surface area contributed by atoms with Crippen molar-refractivity contribution in [1.82, 2.24) is 9.97 Å². The minimum absolute atomic E-state index is 0.0942. The van der Waals surface area contributed by atoms with Crippen molar-refractivity contribution in [3.63, 3.8) is 0 Å². The first-order chi connectivity index (χ1) is 8.20. The van der Waals surface area contributed by atoms with Crippen LogP contribution in [0.25, 0.3) is 11.5 Å². The quantitative estimate of drug-likeness (QED) is 0.663. The van der Waals surface area contributed by atoms with Gasteiger partial charge < -0.3 is 9.52 Å². The third-order valence-corrected chi connectivity index (χ3v) is 2.72. The average Bonchev–Trinajstić information content (AvgIpc) is 2.79. The van der Waals surface area contributed by atoms with Crippen LogP contribution in [-0.4, -0.2) is 26.8 Å². The molecular formula is C11H10N2O3S. The van der Waals surface area contributed by atoms with Gasteiger partial charge in [-0.3, -0.25) is 0 Å². The first-order valence-corrected chi connectivity index (χ1v) is 5.98. The summed E-state index contributed by atoms with van der Waals surface area (Å²) >= 11 is 1.52. The molecular weight excluding hydrogens is 240 g/mol. The Morgan fingerprint density at radius 1 is 1.47 bits per heavy atom. The SMILES string of the molecule is CCSc1nccc(-c2ccc(C(=O)O)o2)n1. The molecule has 0 aliphatic rings. The van der Waals surface area contributed by atoms with Crippen molar-refractivity contribution >= 4 is 17.7 Å². The number of furan rings is 1. The Hall–Kier alpha value is -1.82. The Kier molecular flexibility index (Phi) is 3.43. The maximum absolute atomic E-state index is 10.7. The monoisotopic (exact) mass is 250 g/mol. The van der Waals surface area contributed by atoms with E-state index in [1.807, 2.05) is 6.92 Å². The Balaban J connectivity index is 2.31. The molecule has 0 aliphatic carbocycles. The Morgan fingerprint density at radius 3 is 2.94 bits per heavy atom. The summed E-state index contributed by atoms with van der Waals surface area (Å²) in [6.45, 7) is 2.01. The van der Waals surface area contributed by atoms with Crippen molar-refractivity contribution < 1.29 is 14.3 Å². The van der Waals surface area contributed by atoms with Crippen molar-refractivity contribution in [2.24, 2.45) is 0 Å². The van der Waals surface area contributed by atoms with Gasteiger partial charge in [0.1, 0.15) is 5.69 Å². The number of hydrogen-bond donors (Lipinski definition) is 1. The normalized spacial score (nSPS) is 10.4. The number of carboxylic acids is 1. The van der Waals surface area contributed by atoms with E-state index in [1.165, 1.54) is 17.8 Å². The molecule has 2 aromatic rings. The molecule has 0 atom stereocenters. The third kappa shape index (κ3) is 2.65. The maximum Gasteiger partial charge on any atom is 0.371 e. The first kappa shape index (κ1) is 11.7. The maximum atomic E-state index is 10.7. The summed E-state index contributed by atoms with van der Waals surface area (Å²) in [7, 11) is 0. The van der Waals surface area contributed by atoms with Gasteiger partial charge in [0.15, 0.2) is 10.9 Å². The average molecular weight is 250 g/mol. The van der Waals surface area contributed by atoms with Gasteiger partial charge in [0, 0.05) is 6.20 Å². The number of carbonyl (C=O) groups is 1. The molecule has 0 aromatic carbocycles. The molecule has 0 amide bonds. The van der Waals surface area contributed by atoms with Crippen LogP contribution in [0, 0.1) is 0 Å². The van der Waals surface area contributed by atoms with Crippen molar-refractivity contribution in [2.75, 3.05) is 5.75 Å². The third-order valence-electron chi connectivity index (χ3n) is 1.98. The van der Waals surface area contributed by atoms with Crippen LogP contribution in [0.15, 0.2) is 34.0 Å². The van der Waals surface area contributed by atoms with Crippen LogP contribution in [0.2, 0.25) is 0 Å². The second-order valence-corrected chi connectivity index (χ2v) is 4.36. The van der Waals surface area contributed by atoms with Crippen molar-refractivity contribution in [1.29, 1.82) is 0 Å². The lowest BCUT2D eigenvalue weighted by molar-refractivity contribution is 0.0663. The van der Waals surface area contributed by atoms with E-state index >= 15 is 0 Å². The van der Waals surface area contributed by atoms with Gasteiger partial charge in [0.25, 0.3) is 0 Å². The molecule has 2 aromatic heterocycles. The second kappa shape index (κ2) is 5.01. The highest BCUT2D eigenvalue weighted by Crippen LogP contribution is 2.22. The molecule has 1 N–H and O–H groups in total. The zero-order valence-corrected chi connectivity index (χ0v) is 9.90. The van der Waals surface area contributed by atoms with E-state index in [4.69, 9.17) is 9.52 Å². The van der Waals surface area contributed by atoms with Gasteiger partial charge in [0.2, 0.25) is 5.76 Å². The summed E-state index contributed by atoms with van der Waals surface area (Å²) in [5.74, 6) is 0.127. The fourth-order valence-corrected chi connectivity index (χ4v) is 1.82. The van der Waals surface area contributed by atoms with E-state index in [2.05, 4.69) is 9.97 Å². The molecule has 5 nitrogen and oxygen atoms in total. The molecule has 0 radical (unpaired) electrons. The number of rotatable bonds is 4. The van der Waals surface area contributed by atoms with Crippen LogP contribution >= 0.6 is 11.8 Å². The number of nitrogens with zero attached hydrogens (tertiary/aromatic N) is 2. The molecule has 0 unspecified atom stereocenters.